The van der Waals surface area contributed by atoms with Gasteiger partial charge >= 0.3 is 0 Å². The Morgan fingerprint density at radius 3 is 2.59 bits per heavy atom. The number of benzene rings is 2. The van der Waals surface area contributed by atoms with E-state index < -0.39 is 0 Å². The fourth-order valence-corrected chi connectivity index (χ4v) is 3.27. The summed E-state index contributed by atoms with van der Waals surface area (Å²) in [6, 6.07) is 18.3. The van der Waals surface area contributed by atoms with Crippen LogP contribution < -0.4 is 19.5 Å². The molecule has 0 bridgehead atoms. The quantitative estimate of drug-likeness (QED) is 0.405. The van der Waals surface area contributed by atoms with Crippen LogP contribution in [0.3, 0.4) is 0 Å². The molecule has 4 aromatic rings. The van der Waals surface area contributed by atoms with E-state index in [-0.39, 0.29) is 5.91 Å². The third-order valence-corrected chi connectivity index (χ3v) is 4.70. The van der Waals surface area contributed by atoms with Crippen LogP contribution in [0, 0.1) is 0 Å². The van der Waals surface area contributed by atoms with Crippen LogP contribution in [-0.2, 0) is 6.61 Å². The molecular formula is C25H25N3O4. The number of imidazole rings is 1. The van der Waals surface area contributed by atoms with Gasteiger partial charge in [-0.25, -0.2) is 4.98 Å². The van der Waals surface area contributed by atoms with E-state index in [4.69, 9.17) is 14.2 Å². The van der Waals surface area contributed by atoms with Gasteiger partial charge in [-0.3, -0.25) is 4.79 Å². The molecule has 7 heteroatoms. The first kappa shape index (κ1) is 21.2. The molecule has 1 amide bonds. The molecule has 0 fully saturated rings. The summed E-state index contributed by atoms with van der Waals surface area (Å²) in [6.07, 6.45) is 3.88. The maximum atomic E-state index is 12.8. The number of anilines is 1. The van der Waals surface area contributed by atoms with Crippen LogP contribution in [0.4, 0.5) is 5.69 Å². The molecule has 2 heterocycles. The molecule has 0 aliphatic rings. The summed E-state index contributed by atoms with van der Waals surface area (Å²) in [7, 11) is 0. The van der Waals surface area contributed by atoms with Crippen LogP contribution >= 0.6 is 0 Å². The van der Waals surface area contributed by atoms with Gasteiger partial charge < -0.3 is 23.9 Å². The number of ether oxygens (including phenoxy) is 3. The molecule has 0 unspecified atom stereocenters. The molecule has 0 aliphatic carbocycles. The Bertz CT molecular complexity index is 1190. The number of nitrogens with one attached hydrogen (secondary N) is 1. The van der Waals surface area contributed by atoms with Gasteiger partial charge in [-0.05, 0) is 56.3 Å². The molecule has 7 nitrogen and oxygen atoms in total. The Balaban J connectivity index is 1.42. The number of hydrogen-bond acceptors (Lipinski definition) is 5. The lowest BCUT2D eigenvalue weighted by atomic mass is 10.1. The highest BCUT2D eigenvalue weighted by Crippen LogP contribution is 2.29. The lowest BCUT2D eigenvalue weighted by Gasteiger charge is -2.13. The molecule has 2 aromatic heterocycles. The van der Waals surface area contributed by atoms with Crippen molar-refractivity contribution in [2.45, 2.75) is 20.5 Å². The predicted molar refractivity (Wildman–Crippen MR) is 123 cm³/mol. The predicted octanol–water partition coefficient (Wildman–Crippen LogP) is 4.96. The van der Waals surface area contributed by atoms with E-state index in [2.05, 4.69) is 10.3 Å². The van der Waals surface area contributed by atoms with Crippen molar-refractivity contribution < 1.29 is 19.0 Å². The van der Waals surface area contributed by atoms with E-state index in [1.807, 2.05) is 67.0 Å². The third-order valence-electron chi connectivity index (χ3n) is 4.70. The van der Waals surface area contributed by atoms with Gasteiger partial charge in [-0.1, -0.05) is 12.1 Å². The molecular weight excluding hydrogens is 406 g/mol. The van der Waals surface area contributed by atoms with Crippen molar-refractivity contribution in [1.29, 1.82) is 0 Å². The number of pyridine rings is 1. The van der Waals surface area contributed by atoms with Crippen molar-refractivity contribution >= 4 is 17.2 Å². The Labute approximate surface area is 186 Å². The molecule has 4 rings (SSSR count). The van der Waals surface area contributed by atoms with E-state index in [1.54, 1.807) is 24.3 Å². The van der Waals surface area contributed by atoms with E-state index in [0.717, 1.165) is 11.3 Å². The van der Waals surface area contributed by atoms with Crippen LogP contribution in [0.25, 0.3) is 5.65 Å². The van der Waals surface area contributed by atoms with E-state index in [9.17, 15) is 4.79 Å². The summed E-state index contributed by atoms with van der Waals surface area (Å²) < 4.78 is 19.0. The van der Waals surface area contributed by atoms with Gasteiger partial charge in [-0.2, -0.15) is 0 Å². The van der Waals surface area contributed by atoms with Gasteiger partial charge in [0.05, 0.1) is 18.9 Å². The number of aromatic nitrogens is 2. The van der Waals surface area contributed by atoms with Gasteiger partial charge in [0.2, 0.25) is 0 Å². The maximum Gasteiger partial charge on any atom is 0.255 e. The SMILES string of the molecule is CCOc1ccc(C(=O)Nc2cccc(OCc3cn4ccccc4n3)c2)cc1OCC. The van der Waals surface area contributed by atoms with Crippen LogP contribution in [0.5, 0.6) is 17.2 Å². The molecule has 32 heavy (non-hydrogen) atoms. The summed E-state index contributed by atoms with van der Waals surface area (Å²) in [5, 5.41) is 2.90. The van der Waals surface area contributed by atoms with Gasteiger partial charge in [-0.15, -0.1) is 0 Å². The second-order valence-corrected chi connectivity index (χ2v) is 7.00. The van der Waals surface area contributed by atoms with Crippen molar-refractivity contribution in [2.75, 3.05) is 18.5 Å². The van der Waals surface area contributed by atoms with Gasteiger partial charge in [0.25, 0.3) is 5.91 Å². The van der Waals surface area contributed by atoms with Crippen molar-refractivity contribution in [1.82, 2.24) is 9.38 Å². The smallest absolute Gasteiger partial charge is 0.255 e. The van der Waals surface area contributed by atoms with E-state index in [0.29, 0.717) is 48.3 Å². The van der Waals surface area contributed by atoms with Crippen LogP contribution in [0.1, 0.15) is 29.9 Å². The van der Waals surface area contributed by atoms with Crippen LogP contribution in [0.15, 0.2) is 73.1 Å². The Hall–Kier alpha value is -4.00. The molecule has 2 aromatic carbocycles. The molecule has 0 saturated carbocycles. The molecule has 0 atom stereocenters. The first-order valence-corrected chi connectivity index (χ1v) is 10.5. The maximum absolute atomic E-state index is 12.8. The fraction of sp³-hybridized carbons (Fsp3) is 0.200. The zero-order chi connectivity index (χ0) is 22.3. The highest BCUT2D eigenvalue weighted by molar-refractivity contribution is 6.04. The fourth-order valence-electron chi connectivity index (χ4n) is 3.27. The second-order valence-electron chi connectivity index (χ2n) is 7.00. The minimum absolute atomic E-state index is 0.244. The summed E-state index contributed by atoms with van der Waals surface area (Å²) in [5.41, 5.74) is 2.81. The standard InChI is InChI=1S/C25H25N3O4/c1-3-30-22-12-11-18(14-23(22)31-4-2)25(29)27-19-8-7-9-21(15-19)32-17-20-16-28-13-6-5-10-24(28)26-20/h5-16H,3-4,17H2,1-2H3,(H,27,29). The second kappa shape index (κ2) is 9.87. The average Bonchev–Trinajstić information content (AvgIpc) is 3.22. The van der Waals surface area contributed by atoms with Crippen molar-refractivity contribution in [3.8, 4) is 17.2 Å². The number of fused-ring (bicyclic) bond motifs is 1. The zero-order valence-corrected chi connectivity index (χ0v) is 18.1. The largest absolute Gasteiger partial charge is 0.490 e. The number of carbonyl (C=O) groups is 1. The van der Waals surface area contributed by atoms with Gasteiger partial charge in [0.1, 0.15) is 18.0 Å². The number of carbonyl (C=O) groups excluding carboxylic acids is 1. The summed E-state index contributed by atoms with van der Waals surface area (Å²) in [6.45, 7) is 5.13. The topological polar surface area (TPSA) is 74.1 Å². The summed E-state index contributed by atoms with van der Waals surface area (Å²) >= 11 is 0. The zero-order valence-electron chi connectivity index (χ0n) is 18.1. The lowest BCUT2D eigenvalue weighted by molar-refractivity contribution is 0.102. The first-order chi connectivity index (χ1) is 15.7. The average molecular weight is 431 g/mol. The number of amides is 1. The van der Waals surface area contributed by atoms with Crippen LogP contribution in [0.2, 0.25) is 0 Å². The Kier molecular flexibility index (Phi) is 6.55. The Morgan fingerprint density at radius 1 is 0.938 bits per heavy atom. The molecule has 0 spiro atoms. The van der Waals surface area contributed by atoms with E-state index >= 15 is 0 Å². The molecule has 0 radical (unpaired) electrons. The van der Waals surface area contributed by atoms with Gasteiger partial charge in [0.15, 0.2) is 11.5 Å². The highest BCUT2D eigenvalue weighted by Gasteiger charge is 2.12. The van der Waals surface area contributed by atoms with Gasteiger partial charge in [0, 0.05) is 29.7 Å². The molecule has 164 valence electrons. The minimum atomic E-state index is -0.244. The van der Waals surface area contributed by atoms with Crippen molar-refractivity contribution in [2.24, 2.45) is 0 Å². The molecule has 0 aliphatic heterocycles. The third kappa shape index (κ3) is 5.00. The number of hydrogen-bond donors (Lipinski definition) is 1. The van der Waals surface area contributed by atoms with Crippen molar-refractivity contribution in [3.63, 3.8) is 0 Å². The Morgan fingerprint density at radius 2 is 1.78 bits per heavy atom. The molecule has 1 N–H and O–H groups in total. The van der Waals surface area contributed by atoms with Crippen molar-refractivity contribution in [3.05, 3.63) is 84.3 Å². The summed E-state index contributed by atoms with van der Waals surface area (Å²) in [5.74, 6) is 1.56. The monoisotopic (exact) mass is 431 g/mol. The van der Waals surface area contributed by atoms with Crippen LogP contribution in [-0.4, -0.2) is 28.5 Å². The molecule has 0 saturated heterocycles. The number of rotatable bonds is 9. The number of nitrogens with zero attached hydrogens (tertiary/aromatic N) is 2. The normalized spacial score (nSPS) is 10.7. The van der Waals surface area contributed by atoms with E-state index in [1.165, 1.54) is 0 Å². The minimum Gasteiger partial charge on any atom is -0.490 e. The lowest BCUT2D eigenvalue weighted by Crippen LogP contribution is -2.12. The highest BCUT2D eigenvalue weighted by atomic mass is 16.5. The first-order valence-electron chi connectivity index (χ1n) is 10.5. The summed E-state index contributed by atoms with van der Waals surface area (Å²) in [4.78, 5) is 17.3.